The van der Waals surface area contributed by atoms with Crippen molar-refractivity contribution in [2.75, 3.05) is 11.5 Å². The molecule has 2 atom stereocenters. The monoisotopic (exact) mass is 775 g/mol. The zero-order chi connectivity index (χ0) is 35.5. The van der Waals surface area contributed by atoms with Crippen molar-refractivity contribution in [2.24, 2.45) is 10.8 Å². The number of hydrogen-bond acceptors (Lipinski definition) is 8. The summed E-state index contributed by atoms with van der Waals surface area (Å²) in [5, 5.41) is 35.8. The zero-order valence-electron chi connectivity index (χ0n) is 30.7. The first kappa shape index (κ1) is 43.7. The van der Waals surface area contributed by atoms with E-state index in [1.165, 1.54) is 5.56 Å². The standard InChI is InChI=1S/C41H46ClNO5S2.2Na/c1-39(2,48)33-9-4-3-6-27(33)12-15-35(49-25-40(16-17-40)23-37(44)45)29-7-5-8-30(20-29)36(50-26-41(18-19-41)24-38(46)47)22-32-14-11-28-10-13-31(42)21-34(28)43-32;;/h3-11,13-14,20-21,35-36,48H,12,15-19,22-26H2,1-2H3,(H,44,45)(H,46,47);;/q;2*+1/p-2/t35-,36+;;/m1../s1. The molecule has 2 aliphatic rings. The molecule has 3 aromatic carbocycles. The number of aryl methyl sites for hydroxylation is 1. The minimum Gasteiger partial charge on any atom is -0.550 e. The molecule has 0 spiro atoms. The molecule has 0 bridgehead atoms. The Balaban J connectivity index is 0.00000302. The van der Waals surface area contributed by atoms with Crippen molar-refractivity contribution >= 4 is 58.0 Å². The predicted octanol–water partition coefficient (Wildman–Crippen LogP) is 1.39. The van der Waals surface area contributed by atoms with Gasteiger partial charge in [0.25, 0.3) is 0 Å². The zero-order valence-corrected chi connectivity index (χ0v) is 37.0. The number of nitrogens with zero attached hydrogens (tertiary/aromatic N) is 1. The maximum atomic E-state index is 11.6. The van der Waals surface area contributed by atoms with Gasteiger partial charge in [0.2, 0.25) is 0 Å². The molecule has 0 saturated heterocycles. The van der Waals surface area contributed by atoms with Gasteiger partial charge in [-0.3, -0.25) is 4.98 Å². The number of aromatic nitrogens is 1. The van der Waals surface area contributed by atoms with E-state index in [2.05, 4.69) is 42.5 Å². The van der Waals surface area contributed by atoms with Crippen molar-refractivity contribution in [1.82, 2.24) is 4.98 Å². The molecule has 6 rings (SSSR count). The van der Waals surface area contributed by atoms with Gasteiger partial charge in [-0.25, -0.2) is 0 Å². The molecule has 52 heavy (non-hydrogen) atoms. The number of carbonyl (C=O) groups excluding carboxylic acids is 2. The molecule has 0 amide bonds. The molecule has 1 N–H and O–H groups in total. The van der Waals surface area contributed by atoms with Gasteiger partial charge in [0, 0.05) is 45.0 Å². The van der Waals surface area contributed by atoms with Crippen LogP contribution < -0.4 is 69.3 Å². The summed E-state index contributed by atoms with van der Waals surface area (Å²) in [6.45, 7) is 3.63. The molecule has 2 fully saturated rings. The number of benzene rings is 3. The van der Waals surface area contributed by atoms with Crippen LogP contribution in [0.3, 0.4) is 0 Å². The molecular formula is C41H44ClNNa2O5S2. The van der Waals surface area contributed by atoms with Crippen molar-refractivity contribution in [3.05, 3.63) is 112 Å². The molecule has 0 unspecified atom stereocenters. The molecular weight excluding hydrogens is 732 g/mol. The van der Waals surface area contributed by atoms with Gasteiger partial charge in [-0.2, -0.15) is 23.5 Å². The Morgan fingerprint density at radius 1 is 0.827 bits per heavy atom. The molecule has 2 saturated carbocycles. The van der Waals surface area contributed by atoms with Crippen molar-refractivity contribution in [1.29, 1.82) is 0 Å². The first-order valence-corrected chi connectivity index (χ1v) is 19.9. The van der Waals surface area contributed by atoms with Gasteiger partial charge in [0.15, 0.2) is 0 Å². The molecule has 0 aliphatic heterocycles. The van der Waals surface area contributed by atoms with Crippen LogP contribution >= 0.6 is 35.1 Å². The summed E-state index contributed by atoms with van der Waals surface area (Å²) >= 11 is 9.92. The van der Waals surface area contributed by atoms with Crippen LogP contribution in [-0.2, 0) is 28.0 Å². The summed E-state index contributed by atoms with van der Waals surface area (Å²) in [6, 6.07) is 26.6. The van der Waals surface area contributed by atoms with Crippen LogP contribution in [0.4, 0.5) is 0 Å². The molecule has 1 aromatic heterocycles. The number of halogens is 1. The van der Waals surface area contributed by atoms with Crippen LogP contribution in [0.2, 0.25) is 5.02 Å². The third-order valence-corrected chi connectivity index (χ3v) is 13.8. The second kappa shape index (κ2) is 18.7. The van der Waals surface area contributed by atoms with Gasteiger partial charge in [-0.1, -0.05) is 72.3 Å². The summed E-state index contributed by atoms with van der Waals surface area (Å²) in [5.41, 5.74) is 4.76. The Bertz CT molecular complexity index is 1860. The fraction of sp³-hybridized carbons (Fsp3) is 0.439. The van der Waals surface area contributed by atoms with E-state index in [1.54, 1.807) is 11.8 Å². The number of pyridine rings is 1. The molecule has 6 nitrogen and oxygen atoms in total. The van der Waals surface area contributed by atoms with Gasteiger partial charge in [0.1, 0.15) is 0 Å². The topological polar surface area (TPSA) is 113 Å². The molecule has 264 valence electrons. The molecule has 1 heterocycles. The van der Waals surface area contributed by atoms with E-state index in [9.17, 15) is 24.9 Å². The Hall–Kier alpha value is -1.04. The van der Waals surface area contributed by atoms with Crippen LogP contribution in [-0.4, -0.2) is 33.5 Å². The number of aliphatic carboxylic acids is 2. The third kappa shape index (κ3) is 12.0. The van der Waals surface area contributed by atoms with E-state index >= 15 is 0 Å². The van der Waals surface area contributed by atoms with Crippen molar-refractivity contribution < 1.29 is 84.0 Å². The average molecular weight is 776 g/mol. The van der Waals surface area contributed by atoms with Crippen LogP contribution in [0.15, 0.2) is 78.9 Å². The number of thioether (sulfide) groups is 2. The van der Waals surface area contributed by atoms with E-state index in [4.69, 9.17) is 16.6 Å². The summed E-state index contributed by atoms with van der Waals surface area (Å²) in [7, 11) is 0. The Morgan fingerprint density at radius 2 is 1.40 bits per heavy atom. The van der Waals surface area contributed by atoms with Gasteiger partial charge < -0.3 is 24.9 Å². The van der Waals surface area contributed by atoms with Crippen LogP contribution in [0, 0.1) is 10.8 Å². The SMILES string of the molecule is CC(C)(O)c1ccccc1CC[C@@H](SCC1(CC(=O)[O-])CC1)c1cccc([C@H](Cc2ccc3ccc(Cl)cc3n2)SCC2(CC(=O)[O-])CC2)c1.[Na+].[Na+]. The van der Waals surface area contributed by atoms with E-state index in [1.807, 2.05) is 62.0 Å². The first-order valence-electron chi connectivity index (χ1n) is 17.4. The Labute approximate surface area is 365 Å². The van der Waals surface area contributed by atoms with Gasteiger partial charge in [0.05, 0.1) is 11.1 Å². The molecule has 0 radical (unpaired) electrons. The van der Waals surface area contributed by atoms with Crippen LogP contribution in [0.1, 0.15) is 97.2 Å². The van der Waals surface area contributed by atoms with Crippen molar-refractivity contribution in [3.8, 4) is 0 Å². The van der Waals surface area contributed by atoms with E-state index in [0.717, 1.165) is 83.3 Å². The molecule has 11 heteroatoms. The summed E-state index contributed by atoms with van der Waals surface area (Å²) in [4.78, 5) is 28.1. The average Bonchev–Trinajstić information content (AvgIpc) is 4.00. The second-order valence-electron chi connectivity index (χ2n) is 15.0. The fourth-order valence-electron chi connectivity index (χ4n) is 6.90. The van der Waals surface area contributed by atoms with Gasteiger partial charge in [-0.15, -0.1) is 0 Å². The van der Waals surface area contributed by atoms with Crippen LogP contribution in [0.25, 0.3) is 10.9 Å². The smallest absolute Gasteiger partial charge is 0.550 e. The normalized spacial score (nSPS) is 16.6. The van der Waals surface area contributed by atoms with Crippen molar-refractivity contribution in [2.45, 2.75) is 87.7 Å². The number of carboxylic acid groups (broad SMARTS) is 2. The number of fused-ring (bicyclic) bond motifs is 1. The number of carbonyl (C=O) groups is 2. The van der Waals surface area contributed by atoms with E-state index in [0.29, 0.717) is 11.4 Å². The minimum absolute atomic E-state index is 0. The number of aliphatic hydroxyl groups is 1. The Kier molecular flexibility index (Phi) is 15.7. The van der Waals surface area contributed by atoms with Gasteiger partial charge >= 0.3 is 59.1 Å². The van der Waals surface area contributed by atoms with Crippen LogP contribution in [0.5, 0.6) is 0 Å². The molecule has 2 aliphatic carbocycles. The predicted molar refractivity (Wildman–Crippen MR) is 200 cm³/mol. The number of rotatable bonds is 18. The maximum Gasteiger partial charge on any atom is 1.00 e. The number of carboxylic acids is 2. The summed E-state index contributed by atoms with van der Waals surface area (Å²) < 4.78 is 0. The minimum atomic E-state index is -0.993. The van der Waals surface area contributed by atoms with Gasteiger partial charge in [-0.05, 0) is 128 Å². The summed E-state index contributed by atoms with van der Waals surface area (Å²) in [5.74, 6) is -0.506. The largest absolute Gasteiger partial charge is 1.00 e. The number of hydrogen-bond donors (Lipinski definition) is 1. The maximum absolute atomic E-state index is 11.6. The Morgan fingerprint density at radius 3 is 2.00 bits per heavy atom. The molecule has 4 aromatic rings. The van der Waals surface area contributed by atoms with E-state index < -0.39 is 17.5 Å². The van der Waals surface area contributed by atoms with Crippen molar-refractivity contribution in [3.63, 3.8) is 0 Å². The fourth-order valence-corrected chi connectivity index (χ4v) is 10.2. The second-order valence-corrected chi connectivity index (χ2v) is 17.8. The first-order chi connectivity index (χ1) is 23.8. The quantitative estimate of drug-likeness (QED) is 0.151. The summed E-state index contributed by atoms with van der Waals surface area (Å²) in [6.07, 6.45) is 6.02. The van der Waals surface area contributed by atoms with E-state index in [-0.39, 0.29) is 93.3 Å². The third-order valence-electron chi connectivity index (χ3n) is 10.2.